The Balaban J connectivity index is 1.85. The third-order valence-electron chi connectivity index (χ3n) is 3.51. The first-order chi connectivity index (χ1) is 12.0. The van der Waals surface area contributed by atoms with Crippen molar-refractivity contribution >= 4 is 29.1 Å². The number of methoxy groups -OCH3 is 2. The van der Waals surface area contributed by atoms with Gasteiger partial charge in [0.25, 0.3) is 0 Å². The lowest BCUT2D eigenvalue weighted by Gasteiger charge is -2.07. The van der Waals surface area contributed by atoms with Crippen molar-refractivity contribution in [3.63, 3.8) is 0 Å². The van der Waals surface area contributed by atoms with Crippen molar-refractivity contribution in [1.29, 1.82) is 0 Å². The number of hydrogen-bond acceptors (Lipinski definition) is 5. The van der Waals surface area contributed by atoms with Gasteiger partial charge in [-0.1, -0.05) is 6.07 Å². The number of ether oxygens (including phenoxy) is 2. The van der Waals surface area contributed by atoms with Crippen molar-refractivity contribution in [3.05, 3.63) is 51.7 Å². The molecule has 1 aromatic carbocycles. The predicted molar refractivity (Wildman–Crippen MR) is 99.6 cm³/mol. The topological polar surface area (TPSA) is 64.6 Å². The zero-order chi connectivity index (χ0) is 18.2. The van der Waals surface area contributed by atoms with Crippen LogP contribution in [0.15, 0.2) is 36.4 Å². The molecule has 1 heterocycles. The second-order valence-electron chi connectivity index (χ2n) is 5.31. The minimum Gasteiger partial charge on any atom is -0.493 e. The van der Waals surface area contributed by atoms with Gasteiger partial charge >= 0.3 is 0 Å². The molecule has 25 heavy (non-hydrogen) atoms. The average Bonchev–Trinajstić information content (AvgIpc) is 3.09. The van der Waals surface area contributed by atoms with Gasteiger partial charge in [0.05, 0.1) is 19.1 Å². The Hall–Kier alpha value is -2.60. The van der Waals surface area contributed by atoms with Gasteiger partial charge in [-0.3, -0.25) is 9.59 Å². The highest BCUT2D eigenvalue weighted by Gasteiger charge is 2.05. The van der Waals surface area contributed by atoms with E-state index >= 15 is 0 Å². The molecule has 0 aliphatic carbocycles. The molecule has 0 aliphatic heterocycles. The van der Waals surface area contributed by atoms with Gasteiger partial charge in [-0.25, -0.2) is 0 Å². The SMILES string of the molecule is COc1ccc(/C=C/C(=O)NCCc2ccc(C(C)=O)s2)cc1OC. The third-order valence-corrected chi connectivity index (χ3v) is 4.76. The Morgan fingerprint density at radius 2 is 1.88 bits per heavy atom. The zero-order valence-electron chi connectivity index (χ0n) is 14.5. The van der Waals surface area contributed by atoms with Gasteiger partial charge in [0.15, 0.2) is 17.3 Å². The number of benzene rings is 1. The van der Waals surface area contributed by atoms with Crippen LogP contribution in [0, 0.1) is 0 Å². The highest BCUT2D eigenvalue weighted by molar-refractivity contribution is 7.14. The lowest BCUT2D eigenvalue weighted by molar-refractivity contribution is -0.116. The van der Waals surface area contributed by atoms with Crippen molar-refractivity contribution in [2.24, 2.45) is 0 Å². The van der Waals surface area contributed by atoms with Gasteiger partial charge in [0.1, 0.15) is 0 Å². The Bertz CT molecular complexity index is 779. The smallest absolute Gasteiger partial charge is 0.244 e. The molecule has 1 aromatic heterocycles. The minimum atomic E-state index is -0.168. The summed E-state index contributed by atoms with van der Waals surface area (Å²) in [6.07, 6.45) is 3.90. The zero-order valence-corrected chi connectivity index (χ0v) is 15.3. The molecule has 0 radical (unpaired) electrons. The van der Waals surface area contributed by atoms with Crippen molar-refractivity contribution in [2.45, 2.75) is 13.3 Å². The number of Topliss-reactive ketones (excluding diaryl/α,β-unsaturated/α-hetero) is 1. The summed E-state index contributed by atoms with van der Waals surface area (Å²) >= 11 is 1.47. The van der Waals surface area contributed by atoms with E-state index in [-0.39, 0.29) is 11.7 Å². The maximum absolute atomic E-state index is 11.9. The highest BCUT2D eigenvalue weighted by atomic mass is 32.1. The molecule has 0 saturated heterocycles. The second-order valence-corrected chi connectivity index (χ2v) is 6.48. The predicted octanol–water partition coefficient (Wildman–Crippen LogP) is 3.34. The molecule has 0 aliphatic rings. The van der Waals surface area contributed by atoms with Crippen LogP contribution in [0.5, 0.6) is 11.5 Å². The summed E-state index contributed by atoms with van der Waals surface area (Å²) in [5, 5.41) is 2.83. The Kier molecular flexibility index (Phi) is 6.77. The molecule has 0 bridgehead atoms. The van der Waals surface area contributed by atoms with Gasteiger partial charge in [0.2, 0.25) is 5.91 Å². The minimum absolute atomic E-state index is 0.0677. The highest BCUT2D eigenvalue weighted by Crippen LogP contribution is 2.27. The van der Waals surface area contributed by atoms with Crippen molar-refractivity contribution in [1.82, 2.24) is 5.32 Å². The fourth-order valence-electron chi connectivity index (χ4n) is 2.20. The number of nitrogens with one attached hydrogen (secondary N) is 1. The van der Waals surface area contributed by atoms with Crippen molar-refractivity contribution in [3.8, 4) is 11.5 Å². The normalized spacial score (nSPS) is 10.7. The van der Waals surface area contributed by atoms with Crippen LogP contribution in [0.1, 0.15) is 27.0 Å². The summed E-state index contributed by atoms with van der Waals surface area (Å²) in [5.41, 5.74) is 0.845. The van der Waals surface area contributed by atoms with Gasteiger partial charge in [-0.15, -0.1) is 11.3 Å². The van der Waals surface area contributed by atoms with Gasteiger partial charge in [0, 0.05) is 17.5 Å². The van der Waals surface area contributed by atoms with Gasteiger partial charge in [-0.05, 0) is 49.2 Å². The first kappa shape index (κ1) is 18.7. The molecule has 5 nitrogen and oxygen atoms in total. The summed E-state index contributed by atoms with van der Waals surface area (Å²) in [5.74, 6) is 1.16. The number of carbonyl (C=O) groups excluding carboxylic acids is 2. The lowest BCUT2D eigenvalue weighted by Crippen LogP contribution is -2.23. The van der Waals surface area contributed by atoms with E-state index in [1.165, 1.54) is 17.4 Å². The quantitative estimate of drug-likeness (QED) is 0.580. The number of carbonyl (C=O) groups is 2. The second kappa shape index (κ2) is 9.03. The molecule has 0 spiro atoms. The fourth-order valence-corrected chi connectivity index (χ4v) is 3.10. The summed E-state index contributed by atoms with van der Waals surface area (Å²) in [6.45, 7) is 2.07. The molecule has 132 valence electrons. The van der Waals surface area contributed by atoms with E-state index in [4.69, 9.17) is 9.47 Å². The summed E-state index contributed by atoms with van der Waals surface area (Å²) in [4.78, 5) is 25.0. The van der Waals surface area contributed by atoms with E-state index in [1.807, 2.05) is 18.2 Å². The fraction of sp³-hybridized carbons (Fsp3) is 0.263. The van der Waals surface area contributed by atoms with E-state index in [1.54, 1.807) is 39.4 Å². The van der Waals surface area contributed by atoms with E-state index in [0.717, 1.165) is 15.3 Å². The first-order valence-electron chi connectivity index (χ1n) is 7.81. The number of thiophene rings is 1. The third kappa shape index (κ3) is 5.46. The van der Waals surface area contributed by atoms with Crippen LogP contribution >= 0.6 is 11.3 Å². The number of rotatable bonds is 8. The average molecular weight is 359 g/mol. The molecule has 0 unspecified atom stereocenters. The number of hydrogen-bond donors (Lipinski definition) is 1. The van der Waals surface area contributed by atoms with Gasteiger partial charge < -0.3 is 14.8 Å². The molecule has 0 atom stereocenters. The van der Waals surface area contributed by atoms with E-state index in [2.05, 4.69) is 5.32 Å². The molecule has 6 heteroatoms. The van der Waals surface area contributed by atoms with Crippen LogP contribution in [0.2, 0.25) is 0 Å². The standard InChI is InChI=1S/C19H21NO4S/c1-13(21)18-8-6-15(25-18)10-11-20-19(22)9-5-14-4-7-16(23-2)17(12-14)24-3/h4-9,12H,10-11H2,1-3H3,(H,20,22)/b9-5+. The van der Waals surface area contributed by atoms with Crippen molar-refractivity contribution in [2.75, 3.05) is 20.8 Å². The molecular weight excluding hydrogens is 338 g/mol. The van der Waals surface area contributed by atoms with Crippen LogP contribution in [-0.2, 0) is 11.2 Å². The Morgan fingerprint density at radius 3 is 2.52 bits per heavy atom. The van der Waals surface area contributed by atoms with Crippen LogP contribution in [0.25, 0.3) is 6.08 Å². The largest absolute Gasteiger partial charge is 0.493 e. The van der Waals surface area contributed by atoms with Crippen LogP contribution in [-0.4, -0.2) is 32.5 Å². The summed E-state index contributed by atoms with van der Waals surface area (Å²) in [7, 11) is 3.15. The molecule has 0 saturated carbocycles. The van der Waals surface area contributed by atoms with Gasteiger partial charge in [-0.2, -0.15) is 0 Å². The molecule has 0 fully saturated rings. The summed E-state index contributed by atoms with van der Waals surface area (Å²) in [6, 6.07) is 9.19. The summed E-state index contributed by atoms with van der Waals surface area (Å²) < 4.78 is 10.4. The Labute approximate surface area is 151 Å². The molecular formula is C19H21NO4S. The van der Waals surface area contributed by atoms with E-state index < -0.39 is 0 Å². The lowest BCUT2D eigenvalue weighted by atomic mass is 10.2. The number of ketones is 1. The molecule has 2 rings (SSSR count). The van der Waals surface area contributed by atoms with E-state index in [0.29, 0.717) is 24.5 Å². The maximum atomic E-state index is 11.9. The monoisotopic (exact) mass is 359 g/mol. The number of amides is 1. The van der Waals surface area contributed by atoms with E-state index in [9.17, 15) is 9.59 Å². The van der Waals surface area contributed by atoms with Crippen LogP contribution in [0.4, 0.5) is 0 Å². The van der Waals surface area contributed by atoms with Crippen LogP contribution in [0.3, 0.4) is 0 Å². The maximum Gasteiger partial charge on any atom is 0.244 e. The Morgan fingerprint density at radius 1 is 1.12 bits per heavy atom. The molecule has 2 aromatic rings. The van der Waals surface area contributed by atoms with Crippen molar-refractivity contribution < 1.29 is 19.1 Å². The van der Waals surface area contributed by atoms with Crippen LogP contribution < -0.4 is 14.8 Å². The molecule has 1 N–H and O–H groups in total. The first-order valence-corrected chi connectivity index (χ1v) is 8.62. The molecule has 1 amide bonds.